The Labute approximate surface area is 80.6 Å². The zero-order valence-corrected chi connectivity index (χ0v) is 9.07. The Bertz CT molecular complexity index is 208. The fourth-order valence-electron chi connectivity index (χ4n) is 1.02. The maximum atomic E-state index is 5.83. The molecule has 0 aliphatic heterocycles. The van der Waals surface area contributed by atoms with E-state index in [9.17, 15) is 0 Å². The summed E-state index contributed by atoms with van der Waals surface area (Å²) < 4.78 is 0. The zero-order valence-electron chi connectivity index (χ0n) is 8.32. The molecule has 0 amide bonds. The van der Waals surface area contributed by atoms with Gasteiger partial charge in [-0.2, -0.15) is 0 Å². The molecular weight excluding hydrogens is 168 g/mol. The van der Waals surface area contributed by atoms with Gasteiger partial charge in [0.15, 0.2) is 0 Å². The SMILES string of the molecule is CC.CCc1cc(C)cc(Cl)c1. The normalized spacial score (nSPS) is 8.75. The van der Waals surface area contributed by atoms with Crippen LogP contribution in [0.5, 0.6) is 0 Å². The quantitative estimate of drug-likeness (QED) is 0.613. The standard InChI is InChI=1S/C9H11Cl.C2H6/c1-3-8-4-7(2)5-9(10)6-8;1-2/h4-6H,3H2,1-2H3;1-2H3. The van der Waals surface area contributed by atoms with Crippen molar-refractivity contribution >= 4 is 11.6 Å². The molecule has 0 N–H and O–H groups in total. The van der Waals surface area contributed by atoms with Crippen molar-refractivity contribution in [3.05, 3.63) is 34.3 Å². The summed E-state index contributed by atoms with van der Waals surface area (Å²) in [6.07, 6.45) is 1.06. The molecule has 0 atom stereocenters. The molecule has 1 aromatic carbocycles. The molecule has 0 saturated carbocycles. The van der Waals surface area contributed by atoms with E-state index in [0.717, 1.165) is 11.4 Å². The van der Waals surface area contributed by atoms with Gasteiger partial charge in [0, 0.05) is 5.02 Å². The smallest absolute Gasteiger partial charge is 0.0411 e. The highest BCUT2D eigenvalue weighted by molar-refractivity contribution is 6.30. The van der Waals surface area contributed by atoms with Gasteiger partial charge in [-0.05, 0) is 36.6 Å². The van der Waals surface area contributed by atoms with Gasteiger partial charge >= 0.3 is 0 Å². The van der Waals surface area contributed by atoms with Gasteiger partial charge in [-0.25, -0.2) is 0 Å². The summed E-state index contributed by atoms with van der Waals surface area (Å²) in [5.41, 5.74) is 2.55. The lowest BCUT2D eigenvalue weighted by atomic mass is 10.1. The van der Waals surface area contributed by atoms with Crippen molar-refractivity contribution in [1.82, 2.24) is 0 Å². The number of rotatable bonds is 1. The highest BCUT2D eigenvalue weighted by Gasteiger charge is 1.92. The van der Waals surface area contributed by atoms with Crippen LogP contribution >= 0.6 is 11.6 Å². The van der Waals surface area contributed by atoms with Gasteiger partial charge in [-0.15, -0.1) is 0 Å². The van der Waals surface area contributed by atoms with Crippen molar-refractivity contribution < 1.29 is 0 Å². The van der Waals surface area contributed by atoms with Crippen LogP contribution in [0, 0.1) is 6.92 Å². The molecular formula is C11H17Cl. The van der Waals surface area contributed by atoms with E-state index >= 15 is 0 Å². The third-order valence-electron chi connectivity index (χ3n) is 1.51. The lowest BCUT2D eigenvalue weighted by Crippen LogP contribution is -1.81. The summed E-state index contributed by atoms with van der Waals surface area (Å²) in [6, 6.07) is 6.14. The van der Waals surface area contributed by atoms with Crippen molar-refractivity contribution in [3.63, 3.8) is 0 Å². The van der Waals surface area contributed by atoms with Crippen LogP contribution in [0.2, 0.25) is 5.02 Å². The molecule has 0 aliphatic rings. The van der Waals surface area contributed by atoms with Crippen LogP contribution in [0.4, 0.5) is 0 Å². The predicted octanol–water partition coefficient (Wildman–Crippen LogP) is 4.24. The molecule has 0 fully saturated rings. The third-order valence-corrected chi connectivity index (χ3v) is 1.73. The lowest BCUT2D eigenvalue weighted by molar-refractivity contribution is 1.13. The van der Waals surface area contributed by atoms with E-state index in [1.807, 2.05) is 26.0 Å². The Balaban J connectivity index is 0.000000561. The van der Waals surface area contributed by atoms with Crippen molar-refractivity contribution in [1.29, 1.82) is 0 Å². The first-order valence-corrected chi connectivity index (χ1v) is 4.86. The first-order chi connectivity index (χ1) is 5.72. The Morgan fingerprint density at radius 3 is 2.17 bits per heavy atom. The van der Waals surface area contributed by atoms with Gasteiger partial charge in [0.2, 0.25) is 0 Å². The molecule has 1 aromatic rings. The maximum Gasteiger partial charge on any atom is 0.0411 e. The van der Waals surface area contributed by atoms with Crippen molar-refractivity contribution in [2.45, 2.75) is 34.1 Å². The highest BCUT2D eigenvalue weighted by Crippen LogP contribution is 2.14. The van der Waals surface area contributed by atoms with E-state index < -0.39 is 0 Å². The Hall–Kier alpha value is -0.490. The molecule has 0 nitrogen and oxygen atoms in total. The molecule has 68 valence electrons. The van der Waals surface area contributed by atoms with Gasteiger partial charge in [0.25, 0.3) is 0 Å². The second-order valence-electron chi connectivity index (χ2n) is 2.49. The van der Waals surface area contributed by atoms with Crippen LogP contribution in [-0.2, 0) is 6.42 Å². The summed E-state index contributed by atoms with van der Waals surface area (Å²) in [6.45, 7) is 8.19. The minimum absolute atomic E-state index is 0.844. The summed E-state index contributed by atoms with van der Waals surface area (Å²) >= 11 is 5.83. The average Bonchev–Trinajstić information content (AvgIpc) is 2.06. The third kappa shape index (κ3) is 3.77. The van der Waals surface area contributed by atoms with Gasteiger partial charge in [-0.1, -0.05) is 38.4 Å². The van der Waals surface area contributed by atoms with Gasteiger partial charge in [0.1, 0.15) is 0 Å². The minimum atomic E-state index is 0.844. The minimum Gasteiger partial charge on any atom is -0.0843 e. The van der Waals surface area contributed by atoms with Crippen LogP contribution in [0.3, 0.4) is 0 Å². The molecule has 0 heterocycles. The largest absolute Gasteiger partial charge is 0.0843 e. The van der Waals surface area contributed by atoms with E-state index in [1.54, 1.807) is 0 Å². The van der Waals surface area contributed by atoms with E-state index in [0.29, 0.717) is 0 Å². The summed E-state index contributed by atoms with van der Waals surface area (Å²) in [5.74, 6) is 0. The van der Waals surface area contributed by atoms with Crippen molar-refractivity contribution in [2.75, 3.05) is 0 Å². The average molecular weight is 185 g/mol. The first kappa shape index (κ1) is 11.5. The van der Waals surface area contributed by atoms with Crippen molar-refractivity contribution in [2.24, 2.45) is 0 Å². The van der Waals surface area contributed by atoms with Gasteiger partial charge < -0.3 is 0 Å². The number of halogens is 1. The van der Waals surface area contributed by atoms with Crippen LogP contribution in [0.1, 0.15) is 31.9 Å². The fourth-order valence-corrected chi connectivity index (χ4v) is 1.33. The van der Waals surface area contributed by atoms with E-state index in [2.05, 4.69) is 19.9 Å². The van der Waals surface area contributed by atoms with Crippen LogP contribution in [0.15, 0.2) is 18.2 Å². The molecule has 0 saturated heterocycles. The summed E-state index contributed by atoms with van der Waals surface area (Å²) in [7, 11) is 0. The number of benzene rings is 1. The van der Waals surface area contributed by atoms with Crippen LogP contribution in [0.25, 0.3) is 0 Å². The Kier molecular flexibility index (Phi) is 5.83. The molecule has 0 aliphatic carbocycles. The van der Waals surface area contributed by atoms with Crippen LogP contribution < -0.4 is 0 Å². The van der Waals surface area contributed by atoms with Gasteiger partial charge in [-0.3, -0.25) is 0 Å². The zero-order chi connectivity index (χ0) is 9.56. The number of aryl methyl sites for hydroxylation is 2. The van der Waals surface area contributed by atoms with E-state index in [1.165, 1.54) is 11.1 Å². The number of hydrogen-bond donors (Lipinski definition) is 0. The Morgan fingerprint density at radius 1 is 1.17 bits per heavy atom. The molecule has 0 radical (unpaired) electrons. The second-order valence-corrected chi connectivity index (χ2v) is 2.93. The van der Waals surface area contributed by atoms with E-state index in [-0.39, 0.29) is 0 Å². The number of hydrogen-bond acceptors (Lipinski definition) is 0. The molecule has 1 rings (SSSR count). The fraction of sp³-hybridized carbons (Fsp3) is 0.455. The predicted molar refractivity (Wildman–Crippen MR) is 56.9 cm³/mol. The lowest BCUT2D eigenvalue weighted by Gasteiger charge is -1.98. The summed E-state index contributed by atoms with van der Waals surface area (Å²) in [5, 5.41) is 0.844. The van der Waals surface area contributed by atoms with Crippen molar-refractivity contribution in [3.8, 4) is 0 Å². The topological polar surface area (TPSA) is 0 Å². The van der Waals surface area contributed by atoms with Gasteiger partial charge in [0.05, 0.1) is 0 Å². The molecule has 0 unspecified atom stereocenters. The molecule has 0 aromatic heterocycles. The summed E-state index contributed by atoms with van der Waals surface area (Å²) in [4.78, 5) is 0. The molecule has 1 heteroatoms. The Morgan fingerprint density at radius 2 is 1.75 bits per heavy atom. The first-order valence-electron chi connectivity index (χ1n) is 4.48. The molecule has 0 bridgehead atoms. The monoisotopic (exact) mass is 184 g/mol. The molecule has 0 spiro atoms. The van der Waals surface area contributed by atoms with E-state index in [4.69, 9.17) is 11.6 Å². The highest BCUT2D eigenvalue weighted by atomic mass is 35.5. The second kappa shape index (κ2) is 6.07. The maximum absolute atomic E-state index is 5.83. The van der Waals surface area contributed by atoms with Crippen LogP contribution in [-0.4, -0.2) is 0 Å². The molecule has 12 heavy (non-hydrogen) atoms.